The van der Waals surface area contributed by atoms with Gasteiger partial charge in [-0.25, -0.2) is 4.98 Å². The summed E-state index contributed by atoms with van der Waals surface area (Å²) in [7, 11) is 0. The summed E-state index contributed by atoms with van der Waals surface area (Å²) >= 11 is 3.56. The lowest BCUT2D eigenvalue weighted by Gasteiger charge is -2.18. The van der Waals surface area contributed by atoms with Gasteiger partial charge in [0.05, 0.1) is 10.2 Å². The monoisotopic (exact) mass is 314 g/mol. The van der Waals surface area contributed by atoms with Gasteiger partial charge in [-0.1, -0.05) is 44.7 Å². The van der Waals surface area contributed by atoms with Gasteiger partial charge in [-0.3, -0.25) is 4.98 Å². The van der Waals surface area contributed by atoms with Crippen LogP contribution in [-0.4, -0.2) is 9.97 Å². The molecule has 0 aliphatic rings. The molecule has 108 valence electrons. The third kappa shape index (κ3) is 3.44. The second-order valence-corrected chi connectivity index (χ2v) is 8.32. The number of benzene rings is 1. The standard InChI is InChI=1S/C17H18N2S2/c1-17(2,3)13-6-7-14-15(9-13)21-16(19-14)20-11-12-5-4-8-18-10-12/h4-10H,11H2,1-3H3. The van der Waals surface area contributed by atoms with Crippen molar-refractivity contribution in [3.05, 3.63) is 53.9 Å². The van der Waals surface area contributed by atoms with Gasteiger partial charge in [0.2, 0.25) is 0 Å². The summed E-state index contributed by atoms with van der Waals surface area (Å²) in [4.78, 5) is 8.86. The Bertz CT molecular complexity index is 742. The van der Waals surface area contributed by atoms with Gasteiger partial charge in [-0.15, -0.1) is 11.3 Å². The van der Waals surface area contributed by atoms with Crippen LogP contribution in [-0.2, 0) is 11.2 Å². The molecule has 0 N–H and O–H groups in total. The molecule has 0 unspecified atom stereocenters. The molecule has 0 amide bonds. The number of thioether (sulfide) groups is 1. The van der Waals surface area contributed by atoms with E-state index in [0.29, 0.717) is 0 Å². The van der Waals surface area contributed by atoms with Crippen molar-refractivity contribution in [2.24, 2.45) is 0 Å². The minimum atomic E-state index is 0.182. The van der Waals surface area contributed by atoms with Crippen molar-refractivity contribution >= 4 is 33.3 Å². The highest BCUT2D eigenvalue weighted by atomic mass is 32.2. The predicted octanol–water partition coefficient (Wildman–Crippen LogP) is 5.28. The van der Waals surface area contributed by atoms with Gasteiger partial charge in [-0.2, -0.15) is 0 Å². The van der Waals surface area contributed by atoms with E-state index in [9.17, 15) is 0 Å². The Morgan fingerprint density at radius 2 is 2.05 bits per heavy atom. The van der Waals surface area contributed by atoms with E-state index in [1.54, 1.807) is 29.3 Å². The number of thiazole rings is 1. The molecule has 0 spiro atoms. The average molecular weight is 314 g/mol. The highest BCUT2D eigenvalue weighted by Crippen LogP contribution is 2.34. The zero-order chi connectivity index (χ0) is 14.9. The second kappa shape index (κ2) is 5.78. The van der Waals surface area contributed by atoms with Crippen LogP contribution < -0.4 is 0 Å². The molecule has 2 heterocycles. The molecule has 0 aliphatic carbocycles. The molecule has 3 aromatic rings. The first-order valence-corrected chi connectivity index (χ1v) is 8.75. The van der Waals surface area contributed by atoms with Crippen LogP contribution in [0, 0.1) is 0 Å². The largest absolute Gasteiger partial charge is 0.264 e. The average Bonchev–Trinajstić information content (AvgIpc) is 2.87. The highest BCUT2D eigenvalue weighted by molar-refractivity contribution is 8.00. The van der Waals surface area contributed by atoms with Crippen LogP contribution in [0.1, 0.15) is 31.9 Å². The Balaban J connectivity index is 1.81. The van der Waals surface area contributed by atoms with Crippen LogP contribution in [0.25, 0.3) is 10.2 Å². The number of hydrogen-bond acceptors (Lipinski definition) is 4. The van der Waals surface area contributed by atoms with E-state index < -0.39 is 0 Å². The lowest BCUT2D eigenvalue weighted by molar-refractivity contribution is 0.591. The number of fused-ring (bicyclic) bond motifs is 1. The zero-order valence-corrected chi connectivity index (χ0v) is 14.1. The summed E-state index contributed by atoms with van der Waals surface area (Å²) in [6.45, 7) is 6.73. The molecule has 21 heavy (non-hydrogen) atoms. The van der Waals surface area contributed by atoms with Gasteiger partial charge >= 0.3 is 0 Å². The zero-order valence-electron chi connectivity index (χ0n) is 12.5. The van der Waals surface area contributed by atoms with E-state index in [1.807, 2.05) is 12.3 Å². The third-order valence-electron chi connectivity index (χ3n) is 3.32. The van der Waals surface area contributed by atoms with Gasteiger partial charge in [0.25, 0.3) is 0 Å². The smallest absolute Gasteiger partial charge is 0.151 e. The Hall–Kier alpha value is -1.39. The molecule has 0 bridgehead atoms. The Kier molecular flexibility index (Phi) is 4.00. The highest BCUT2D eigenvalue weighted by Gasteiger charge is 2.15. The molecule has 0 atom stereocenters. The summed E-state index contributed by atoms with van der Waals surface area (Å²) < 4.78 is 2.40. The summed E-state index contributed by atoms with van der Waals surface area (Å²) in [6, 6.07) is 10.7. The quantitative estimate of drug-likeness (QED) is 0.615. The normalized spacial score (nSPS) is 12.0. The van der Waals surface area contributed by atoms with Crippen LogP contribution >= 0.6 is 23.1 Å². The van der Waals surface area contributed by atoms with Crippen molar-refractivity contribution < 1.29 is 0 Å². The SMILES string of the molecule is CC(C)(C)c1ccc2nc(SCc3cccnc3)sc2c1. The van der Waals surface area contributed by atoms with E-state index >= 15 is 0 Å². The first-order chi connectivity index (χ1) is 10.0. The third-order valence-corrected chi connectivity index (χ3v) is 5.55. The minimum absolute atomic E-state index is 0.182. The second-order valence-electron chi connectivity index (χ2n) is 6.06. The van der Waals surface area contributed by atoms with Gasteiger partial charge in [0, 0.05) is 18.1 Å². The number of pyridine rings is 1. The molecule has 0 saturated carbocycles. The molecule has 0 saturated heterocycles. The fourth-order valence-electron chi connectivity index (χ4n) is 2.06. The molecular formula is C17H18N2S2. The van der Waals surface area contributed by atoms with Gasteiger partial charge < -0.3 is 0 Å². The molecule has 2 aromatic heterocycles. The summed E-state index contributed by atoms with van der Waals surface area (Å²) in [5.74, 6) is 0.916. The molecule has 0 radical (unpaired) electrons. The van der Waals surface area contributed by atoms with Crippen molar-refractivity contribution in [1.29, 1.82) is 0 Å². The number of aromatic nitrogens is 2. The lowest BCUT2D eigenvalue weighted by Crippen LogP contribution is -2.10. The van der Waals surface area contributed by atoms with Gasteiger partial charge in [0.1, 0.15) is 0 Å². The first kappa shape index (κ1) is 14.5. The maximum absolute atomic E-state index is 4.71. The number of hydrogen-bond donors (Lipinski definition) is 0. The topological polar surface area (TPSA) is 25.8 Å². The Morgan fingerprint density at radius 1 is 1.19 bits per heavy atom. The van der Waals surface area contributed by atoms with Crippen LogP contribution in [0.2, 0.25) is 0 Å². The fraction of sp³-hybridized carbons (Fsp3) is 0.294. The summed E-state index contributed by atoms with van der Waals surface area (Å²) in [5, 5.41) is 0. The van der Waals surface area contributed by atoms with Gasteiger partial charge in [-0.05, 0) is 34.7 Å². The molecular weight excluding hydrogens is 296 g/mol. The fourth-order valence-corrected chi connectivity index (χ4v) is 4.10. The van der Waals surface area contributed by atoms with E-state index in [0.717, 1.165) is 15.6 Å². The first-order valence-electron chi connectivity index (χ1n) is 6.95. The van der Waals surface area contributed by atoms with Crippen molar-refractivity contribution in [2.45, 2.75) is 36.3 Å². The summed E-state index contributed by atoms with van der Waals surface area (Å²) in [6.07, 6.45) is 3.72. The molecule has 2 nitrogen and oxygen atoms in total. The number of nitrogens with zero attached hydrogens (tertiary/aromatic N) is 2. The van der Waals surface area contributed by atoms with Crippen molar-refractivity contribution in [3.8, 4) is 0 Å². The van der Waals surface area contributed by atoms with Gasteiger partial charge in [0.15, 0.2) is 4.34 Å². The maximum atomic E-state index is 4.71. The lowest BCUT2D eigenvalue weighted by atomic mass is 9.87. The maximum Gasteiger partial charge on any atom is 0.151 e. The van der Waals surface area contributed by atoms with Crippen LogP contribution in [0.15, 0.2) is 47.1 Å². The van der Waals surface area contributed by atoms with Crippen molar-refractivity contribution in [3.63, 3.8) is 0 Å². The van der Waals surface area contributed by atoms with E-state index in [1.165, 1.54) is 15.8 Å². The molecule has 0 aliphatic heterocycles. The molecule has 3 rings (SSSR count). The van der Waals surface area contributed by atoms with E-state index in [2.05, 4.69) is 50.0 Å². The van der Waals surface area contributed by atoms with Crippen LogP contribution in [0.5, 0.6) is 0 Å². The van der Waals surface area contributed by atoms with E-state index in [4.69, 9.17) is 4.98 Å². The Labute approximate surface area is 133 Å². The number of rotatable bonds is 3. The summed E-state index contributed by atoms with van der Waals surface area (Å²) in [5.41, 5.74) is 3.88. The Morgan fingerprint density at radius 3 is 2.76 bits per heavy atom. The van der Waals surface area contributed by atoms with Crippen molar-refractivity contribution in [1.82, 2.24) is 9.97 Å². The van der Waals surface area contributed by atoms with Crippen LogP contribution in [0.4, 0.5) is 0 Å². The van der Waals surface area contributed by atoms with E-state index in [-0.39, 0.29) is 5.41 Å². The van der Waals surface area contributed by atoms with Crippen LogP contribution in [0.3, 0.4) is 0 Å². The molecule has 1 aromatic carbocycles. The predicted molar refractivity (Wildman–Crippen MR) is 92.1 cm³/mol. The molecule has 0 fully saturated rings. The molecule has 4 heteroatoms. The minimum Gasteiger partial charge on any atom is -0.264 e. The van der Waals surface area contributed by atoms with Crippen molar-refractivity contribution in [2.75, 3.05) is 0 Å².